The number of hydrogen-bond acceptors (Lipinski definition) is 8. The van der Waals surface area contributed by atoms with Gasteiger partial charge < -0.3 is 4.90 Å². The average Bonchev–Trinajstić information content (AvgIpc) is 3.13. The lowest BCUT2D eigenvalue weighted by Crippen LogP contribution is -2.38. The molecule has 0 N–H and O–H groups in total. The van der Waals surface area contributed by atoms with E-state index in [1.165, 1.54) is 11.0 Å². The summed E-state index contributed by atoms with van der Waals surface area (Å²) in [6.45, 7) is 5.23. The van der Waals surface area contributed by atoms with Gasteiger partial charge in [0.1, 0.15) is 11.8 Å². The van der Waals surface area contributed by atoms with Gasteiger partial charge in [-0.05, 0) is 65.7 Å². The third-order valence-electron chi connectivity index (χ3n) is 6.04. The van der Waals surface area contributed by atoms with Crippen LogP contribution in [-0.4, -0.2) is 41.3 Å². The molecule has 0 saturated heterocycles. The quantitative estimate of drug-likeness (QED) is 0.142. The molecule has 37 heavy (non-hydrogen) atoms. The van der Waals surface area contributed by atoms with Crippen LogP contribution < -0.4 is 4.90 Å². The lowest BCUT2D eigenvalue weighted by molar-refractivity contribution is -0.384. The van der Waals surface area contributed by atoms with Crippen molar-refractivity contribution in [1.29, 1.82) is 5.26 Å². The first kappa shape index (κ1) is 25.7. The van der Waals surface area contributed by atoms with Crippen LogP contribution in [0.2, 0.25) is 0 Å². The highest BCUT2D eigenvalue weighted by atomic mass is 79.9. The Balaban J connectivity index is 1.50. The van der Waals surface area contributed by atoms with Crippen LogP contribution in [0.1, 0.15) is 38.8 Å². The zero-order valence-electron chi connectivity index (χ0n) is 20.0. The minimum absolute atomic E-state index is 0.0319. The van der Waals surface area contributed by atoms with Crippen molar-refractivity contribution < 1.29 is 14.5 Å². The Bertz CT molecular complexity index is 1460. The lowest BCUT2D eigenvalue weighted by Gasteiger charge is -2.26. The van der Waals surface area contributed by atoms with Gasteiger partial charge >= 0.3 is 0 Å². The average molecular weight is 561 g/mol. The van der Waals surface area contributed by atoms with E-state index in [0.29, 0.717) is 34.4 Å². The number of carbonyl (C=O) groups excluding carboxylic acids is 2. The standard InChI is InChI=1S/C26H21BrN6O4/c1-3-31(10-11-32-25(34)20-6-4-5-7-21(20)26(32)35)18-8-9-23(16(2)12-18)29-30-24-17(15-28)13-19(33(36)37)14-22(24)27/h4-9,12-14H,3,10-11H2,1-2H3/b30-29+. The molecule has 0 saturated carbocycles. The molecule has 1 aliphatic rings. The molecule has 0 atom stereocenters. The van der Waals surface area contributed by atoms with Crippen molar-refractivity contribution in [3.63, 3.8) is 0 Å². The normalized spacial score (nSPS) is 12.6. The predicted molar refractivity (Wildman–Crippen MR) is 141 cm³/mol. The number of anilines is 1. The van der Waals surface area contributed by atoms with E-state index in [1.807, 2.05) is 32.0 Å². The van der Waals surface area contributed by atoms with Gasteiger partial charge in [0.05, 0.1) is 31.8 Å². The number of aryl methyl sites for hydroxylation is 1. The van der Waals surface area contributed by atoms with Crippen molar-refractivity contribution in [3.05, 3.63) is 91.4 Å². The maximum Gasteiger partial charge on any atom is 0.272 e. The van der Waals surface area contributed by atoms with Gasteiger partial charge in [-0.1, -0.05) is 12.1 Å². The van der Waals surface area contributed by atoms with Gasteiger partial charge in [-0.15, -0.1) is 5.11 Å². The van der Waals surface area contributed by atoms with Gasteiger partial charge in [0.25, 0.3) is 17.5 Å². The maximum atomic E-state index is 12.7. The third-order valence-corrected chi connectivity index (χ3v) is 6.64. The number of halogens is 1. The molecule has 0 unspecified atom stereocenters. The van der Waals surface area contributed by atoms with E-state index in [-0.39, 0.29) is 35.3 Å². The minimum atomic E-state index is -0.580. The summed E-state index contributed by atoms with van der Waals surface area (Å²) in [6.07, 6.45) is 0. The number of amides is 2. The number of fused-ring (bicyclic) bond motifs is 1. The number of nitrogens with zero attached hydrogens (tertiary/aromatic N) is 6. The van der Waals surface area contributed by atoms with Crippen LogP contribution in [0, 0.1) is 28.4 Å². The van der Waals surface area contributed by atoms with E-state index in [9.17, 15) is 25.0 Å². The Morgan fingerprint density at radius 3 is 2.32 bits per heavy atom. The Morgan fingerprint density at radius 1 is 1.08 bits per heavy atom. The fourth-order valence-electron chi connectivity index (χ4n) is 4.06. The van der Waals surface area contributed by atoms with Gasteiger partial charge in [-0.3, -0.25) is 24.6 Å². The second kappa shape index (κ2) is 10.7. The van der Waals surface area contributed by atoms with Crippen LogP contribution in [0.3, 0.4) is 0 Å². The number of nitro groups is 1. The fourth-order valence-corrected chi connectivity index (χ4v) is 4.59. The topological polar surface area (TPSA) is 132 Å². The van der Waals surface area contributed by atoms with E-state index in [4.69, 9.17) is 0 Å². The van der Waals surface area contributed by atoms with Crippen LogP contribution in [0.5, 0.6) is 0 Å². The Labute approximate surface area is 221 Å². The molecule has 2 amide bonds. The van der Waals surface area contributed by atoms with E-state index in [0.717, 1.165) is 17.3 Å². The Hall–Kier alpha value is -4.43. The van der Waals surface area contributed by atoms with Crippen LogP contribution in [0.4, 0.5) is 22.7 Å². The summed E-state index contributed by atoms with van der Waals surface area (Å²) in [4.78, 5) is 39.1. The summed E-state index contributed by atoms with van der Waals surface area (Å²) < 4.78 is 0.293. The third kappa shape index (κ3) is 5.10. The lowest BCUT2D eigenvalue weighted by atomic mass is 10.1. The summed E-state index contributed by atoms with van der Waals surface area (Å²) in [6, 6.07) is 16.7. The second-order valence-electron chi connectivity index (χ2n) is 8.25. The molecule has 11 heteroatoms. The molecule has 186 valence electrons. The molecule has 4 rings (SSSR count). The number of rotatable bonds is 8. The number of hydrogen-bond donors (Lipinski definition) is 0. The van der Waals surface area contributed by atoms with Crippen LogP contribution in [-0.2, 0) is 0 Å². The minimum Gasteiger partial charge on any atom is -0.370 e. The first-order valence-corrected chi connectivity index (χ1v) is 12.1. The Morgan fingerprint density at radius 2 is 1.76 bits per heavy atom. The number of azo groups is 1. The first-order chi connectivity index (χ1) is 17.7. The SMILES string of the molecule is CCN(CCN1C(=O)c2ccccc2C1=O)c1ccc(/N=N/c2c(Br)cc([N+](=O)[O-])cc2C#N)c(C)c1. The molecule has 10 nitrogen and oxygen atoms in total. The molecule has 1 heterocycles. The highest BCUT2D eigenvalue weighted by molar-refractivity contribution is 9.10. The molecule has 0 fully saturated rings. The van der Waals surface area contributed by atoms with E-state index in [1.54, 1.807) is 30.3 Å². The summed E-state index contributed by atoms with van der Waals surface area (Å²) in [7, 11) is 0. The second-order valence-corrected chi connectivity index (χ2v) is 9.10. The van der Waals surface area contributed by atoms with Crippen LogP contribution in [0.25, 0.3) is 0 Å². The van der Waals surface area contributed by atoms with Crippen LogP contribution >= 0.6 is 15.9 Å². The molecule has 0 aliphatic carbocycles. The molecule has 0 aromatic heterocycles. The molecule has 3 aromatic rings. The Kier molecular flexibility index (Phi) is 7.40. The highest BCUT2D eigenvalue weighted by Gasteiger charge is 2.34. The zero-order valence-corrected chi connectivity index (χ0v) is 21.6. The summed E-state index contributed by atoms with van der Waals surface area (Å²) >= 11 is 3.23. The molecule has 0 radical (unpaired) electrons. The number of nitriles is 1. The van der Waals surface area contributed by atoms with Crippen LogP contribution in [0.15, 0.2) is 69.3 Å². The van der Waals surface area contributed by atoms with Gasteiger partial charge in [0.2, 0.25) is 0 Å². The number of likely N-dealkylation sites (N-methyl/N-ethyl adjacent to an activating group) is 1. The predicted octanol–water partition coefficient (Wildman–Crippen LogP) is 6.08. The molecule has 3 aromatic carbocycles. The monoisotopic (exact) mass is 560 g/mol. The van der Waals surface area contributed by atoms with Crippen molar-refractivity contribution in [2.24, 2.45) is 10.2 Å². The number of non-ortho nitro benzene ring substituents is 1. The summed E-state index contributed by atoms with van der Waals surface area (Å²) in [5, 5.41) is 28.9. The highest BCUT2D eigenvalue weighted by Crippen LogP contribution is 2.35. The first-order valence-electron chi connectivity index (χ1n) is 11.4. The molecular formula is C26H21BrN6O4. The largest absolute Gasteiger partial charge is 0.370 e. The van der Waals surface area contributed by atoms with E-state index < -0.39 is 4.92 Å². The van der Waals surface area contributed by atoms with Gasteiger partial charge in [-0.2, -0.15) is 10.4 Å². The van der Waals surface area contributed by atoms with E-state index in [2.05, 4.69) is 31.1 Å². The van der Waals surface area contributed by atoms with Crippen molar-refractivity contribution in [1.82, 2.24) is 4.90 Å². The molecule has 1 aliphatic heterocycles. The molecule has 0 spiro atoms. The maximum absolute atomic E-state index is 12.7. The number of imide groups is 1. The van der Waals surface area contributed by atoms with E-state index >= 15 is 0 Å². The van der Waals surface area contributed by atoms with Crippen molar-refractivity contribution in [2.45, 2.75) is 13.8 Å². The number of nitro benzene ring substituents is 1. The number of carbonyl (C=O) groups is 2. The van der Waals surface area contributed by atoms with Gasteiger partial charge in [0, 0.05) is 37.5 Å². The van der Waals surface area contributed by atoms with Crippen molar-refractivity contribution in [2.75, 3.05) is 24.5 Å². The number of benzene rings is 3. The van der Waals surface area contributed by atoms with Crippen molar-refractivity contribution in [3.8, 4) is 6.07 Å². The molecular weight excluding hydrogens is 540 g/mol. The zero-order chi connectivity index (χ0) is 26.7. The van der Waals surface area contributed by atoms with Crippen molar-refractivity contribution >= 4 is 50.5 Å². The molecule has 0 bridgehead atoms. The summed E-state index contributed by atoms with van der Waals surface area (Å²) in [5.74, 6) is -0.560. The van der Waals surface area contributed by atoms with Gasteiger partial charge in [0.15, 0.2) is 0 Å². The smallest absolute Gasteiger partial charge is 0.272 e. The van der Waals surface area contributed by atoms with Gasteiger partial charge in [-0.25, -0.2) is 0 Å². The summed E-state index contributed by atoms with van der Waals surface area (Å²) in [5.41, 5.74) is 3.15. The fraction of sp³-hybridized carbons (Fsp3) is 0.192.